The van der Waals surface area contributed by atoms with Gasteiger partial charge in [0, 0.05) is 19.1 Å². The van der Waals surface area contributed by atoms with E-state index in [1.807, 2.05) is 6.20 Å². The van der Waals surface area contributed by atoms with E-state index in [0.717, 1.165) is 44.0 Å². The SMILES string of the molecule is c1cc(N2CCOCC2)ncc1NC1CC2CCC1C2. The van der Waals surface area contributed by atoms with Gasteiger partial charge in [0.15, 0.2) is 0 Å². The van der Waals surface area contributed by atoms with Gasteiger partial charge in [-0.05, 0) is 43.2 Å². The van der Waals surface area contributed by atoms with E-state index in [4.69, 9.17) is 4.74 Å². The van der Waals surface area contributed by atoms with Crippen molar-refractivity contribution in [2.45, 2.75) is 31.7 Å². The molecule has 1 aromatic rings. The van der Waals surface area contributed by atoms with Gasteiger partial charge in [0.05, 0.1) is 25.1 Å². The van der Waals surface area contributed by atoms with E-state index in [1.54, 1.807) is 0 Å². The van der Waals surface area contributed by atoms with Crippen LogP contribution in [0.1, 0.15) is 25.7 Å². The largest absolute Gasteiger partial charge is 0.381 e. The zero-order valence-corrected chi connectivity index (χ0v) is 11.9. The van der Waals surface area contributed by atoms with Crippen LogP contribution in [-0.2, 0) is 4.74 Å². The number of ether oxygens (including phenoxy) is 1. The third kappa shape index (κ3) is 2.37. The molecule has 0 radical (unpaired) electrons. The second-order valence-electron chi connectivity index (χ2n) is 6.43. The summed E-state index contributed by atoms with van der Waals surface area (Å²) in [6.45, 7) is 3.53. The minimum atomic E-state index is 0.685. The van der Waals surface area contributed by atoms with E-state index in [0.29, 0.717) is 6.04 Å². The maximum Gasteiger partial charge on any atom is 0.128 e. The summed E-state index contributed by atoms with van der Waals surface area (Å²) in [4.78, 5) is 6.91. The molecule has 4 nitrogen and oxygen atoms in total. The number of hydrogen-bond acceptors (Lipinski definition) is 4. The third-order valence-corrected chi connectivity index (χ3v) is 5.17. The maximum atomic E-state index is 5.38. The maximum absolute atomic E-state index is 5.38. The molecule has 20 heavy (non-hydrogen) atoms. The second kappa shape index (κ2) is 5.24. The van der Waals surface area contributed by atoms with Gasteiger partial charge in [-0.25, -0.2) is 4.98 Å². The first-order valence-corrected chi connectivity index (χ1v) is 7.94. The van der Waals surface area contributed by atoms with E-state index < -0.39 is 0 Å². The van der Waals surface area contributed by atoms with Gasteiger partial charge in [0.1, 0.15) is 5.82 Å². The molecule has 1 aromatic heterocycles. The average molecular weight is 273 g/mol. The molecule has 0 amide bonds. The minimum absolute atomic E-state index is 0.685. The molecule has 3 aliphatic rings. The van der Waals surface area contributed by atoms with Crippen LogP contribution in [0.4, 0.5) is 11.5 Å². The molecule has 3 unspecified atom stereocenters. The van der Waals surface area contributed by atoms with Crippen molar-refractivity contribution in [2.24, 2.45) is 11.8 Å². The molecule has 2 bridgehead atoms. The van der Waals surface area contributed by atoms with Gasteiger partial charge in [0.25, 0.3) is 0 Å². The van der Waals surface area contributed by atoms with Gasteiger partial charge in [-0.15, -0.1) is 0 Å². The Hall–Kier alpha value is -1.29. The molecular formula is C16H23N3O. The summed E-state index contributed by atoms with van der Waals surface area (Å²) in [5.41, 5.74) is 1.18. The highest BCUT2D eigenvalue weighted by Gasteiger charge is 2.39. The molecule has 4 rings (SSSR count). The van der Waals surface area contributed by atoms with Crippen molar-refractivity contribution in [1.29, 1.82) is 0 Å². The predicted molar refractivity (Wildman–Crippen MR) is 80.1 cm³/mol. The summed E-state index contributed by atoms with van der Waals surface area (Å²) in [5, 5.41) is 3.70. The third-order valence-electron chi connectivity index (χ3n) is 5.17. The highest BCUT2D eigenvalue weighted by atomic mass is 16.5. The summed E-state index contributed by atoms with van der Waals surface area (Å²) in [5.74, 6) is 2.96. The molecule has 1 aliphatic heterocycles. The van der Waals surface area contributed by atoms with Crippen molar-refractivity contribution in [3.05, 3.63) is 18.3 Å². The summed E-state index contributed by atoms with van der Waals surface area (Å²) in [6, 6.07) is 5.01. The topological polar surface area (TPSA) is 37.4 Å². The highest BCUT2D eigenvalue weighted by Crippen LogP contribution is 2.45. The van der Waals surface area contributed by atoms with E-state index >= 15 is 0 Å². The van der Waals surface area contributed by atoms with Crippen LogP contribution >= 0.6 is 0 Å². The normalized spacial score (nSPS) is 32.6. The Bertz CT molecular complexity index is 455. The van der Waals surface area contributed by atoms with Crippen LogP contribution in [-0.4, -0.2) is 37.3 Å². The number of pyridine rings is 1. The van der Waals surface area contributed by atoms with E-state index in [9.17, 15) is 0 Å². The van der Waals surface area contributed by atoms with Crippen LogP contribution < -0.4 is 10.2 Å². The fraction of sp³-hybridized carbons (Fsp3) is 0.688. The van der Waals surface area contributed by atoms with Gasteiger partial charge in [-0.2, -0.15) is 0 Å². The van der Waals surface area contributed by atoms with Crippen molar-refractivity contribution in [1.82, 2.24) is 4.98 Å². The molecule has 0 spiro atoms. The van der Waals surface area contributed by atoms with Gasteiger partial charge >= 0.3 is 0 Å². The summed E-state index contributed by atoms with van der Waals surface area (Å²) >= 11 is 0. The van der Waals surface area contributed by atoms with E-state index in [-0.39, 0.29) is 0 Å². The summed E-state index contributed by atoms with van der Waals surface area (Å²) in [6.07, 6.45) is 7.67. The molecule has 4 heteroatoms. The fourth-order valence-electron chi connectivity index (χ4n) is 4.09. The molecule has 2 heterocycles. The zero-order chi connectivity index (χ0) is 13.4. The molecule has 108 valence electrons. The lowest BCUT2D eigenvalue weighted by atomic mass is 9.95. The summed E-state index contributed by atoms with van der Waals surface area (Å²) < 4.78 is 5.38. The number of nitrogens with zero attached hydrogens (tertiary/aromatic N) is 2. The lowest BCUT2D eigenvalue weighted by Gasteiger charge is -2.28. The Kier molecular flexibility index (Phi) is 3.26. The van der Waals surface area contributed by atoms with Crippen LogP contribution in [0.2, 0.25) is 0 Å². The van der Waals surface area contributed by atoms with Gasteiger partial charge in [-0.1, -0.05) is 6.42 Å². The molecule has 3 atom stereocenters. The molecule has 2 aliphatic carbocycles. The molecule has 0 aromatic carbocycles. The Morgan fingerprint density at radius 1 is 1.15 bits per heavy atom. The molecular weight excluding hydrogens is 250 g/mol. The Morgan fingerprint density at radius 2 is 2.05 bits per heavy atom. The number of nitrogens with one attached hydrogen (secondary N) is 1. The van der Waals surface area contributed by atoms with E-state index in [2.05, 4.69) is 27.3 Å². The molecule has 1 saturated heterocycles. The summed E-state index contributed by atoms with van der Waals surface area (Å²) in [7, 11) is 0. The second-order valence-corrected chi connectivity index (χ2v) is 6.43. The number of rotatable bonds is 3. The van der Waals surface area contributed by atoms with Crippen LogP contribution in [0.5, 0.6) is 0 Å². The van der Waals surface area contributed by atoms with Crippen molar-refractivity contribution in [2.75, 3.05) is 36.5 Å². The number of anilines is 2. The van der Waals surface area contributed by atoms with Crippen LogP contribution in [0.15, 0.2) is 18.3 Å². The first kappa shape index (κ1) is 12.5. The lowest BCUT2D eigenvalue weighted by molar-refractivity contribution is 0.122. The van der Waals surface area contributed by atoms with E-state index in [1.165, 1.54) is 31.4 Å². The van der Waals surface area contributed by atoms with Gasteiger partial charge in [0.2, 0.25) is 0 Å². The predicted octanol–water partition coefficient (Wildman–Crippen LogP) is 2.52. The van der Waals surface area contributed by atoms with Gasteiger partial charge in [-0.3, -0.25) is 0 Å². The van der Waals surface area contributed by atoms with Gasteiger partial charge < -0.3 is 15.0 Å². The zero-order valence-electron chi connectivity index (χ0n) is 11.9. The smallest absolute Gasteiger partial charge is 0.128 e. The number of hydrogen-bond donors (Lipinski definition) is 1. The fourth-order valence-corrected chi connectivity index (χ4v) is 4.09. The molecule has 1 N–H and O–H groups in total. The Balaban J connectivity index is 1.39. The quantitative estimate of drug-likeness (QED) is 0.918. The van der Waals surface area contributed by atoms with Crippen molar-refractivity contribution >= 4 is 11.5 Å². The molecule has 3 fully saturated rings. The number of fused-ring (bicyclic) bond motifs is 2. The van der Waals surface area contributed by atoms with Crippen LogP contribution in [0.3, 0.4) is 0 Å². The number of morpholine rings is 1. The lowest BCUT2D eigenvalue weighted by Crippen LogP contribution is -2.36. The average Bonchev–Trinajstić information content (AvgIpc) is 3.12. The van der Waals surface area contributed by atoms with Crippen molar-refractivity contribution in [3.8, 4) is 0 Å². The number of aromatic nitrogens is 1. The Morgan fingerprint density at radius 3 is 2.70 bits per heavy atom. The molecule has 2 saturated carbocycles. The standard InChI is InChI=1S/C16H23N3O/c1-2-13-9-12(1)10-15(13)18-14-3-4-16(17-11-14)19-5-7-20-8-6-19/h3-4,11-13,15,18H,1-2,5-10H2. The Labute approximate surface area is 120 Å². The first-order valence-electron chi connectivity index (χ1n) is 7.94. The van der Waals surface area contributed by atoms with Crippen LogP contribution in [0, 0.1) is 11.8 Å². The monoisotopic (exact) mass is 273 g/mol. The van der Waals surface area contributed by atoms with Crippen molar-refractivity contribution < 1.29 is 4.74 Å². The minimum Gasteiger partial charge on any atom is -0.381 e. The van der Waals surface area contributed by atoms with Crippen LogP contribution in [0.25, 0.3) is 0 Å². The van der Waals surface area contributed by atoms with Crippen molar-refractivity contribution in [3.63, 3.8) is 0 Å². The first-order chi connectivity index (χ1) is 9.88. The highest BCUT2D eigenvalue weighted by molar-refractivity contribution is 5.49.